The SMILES string of the molecule is CCCn1ccnc1C(NCC)c1cnns1. The third-order valence-corrected chi connectivity index (χ3v) is 3.27. The summed E-state index contributed by atoms with van der Waals surface area (Å²) >= 11 is 1.42. The number of imidazole rings is 1. The molecule has 1 unspecified atom stereocenters. The summed E-state index contributed by atoms with van der Waals surface area (Å²) in [6, 6.07) is 0.0987. The summed E-state index contributed by atoms with van der Waals surface area (Å²) in [5.41, 5.74) is 0. The minimum atomic E-state index is 0.0987. The van der Waals surface area contributed by atoms with E-state index in [-0.39, 0.29) is 6.04 Å². The Morgan fingerprint density at radius 2 is 2.35 bits per heavy atom. The maximum Gasteiger partial charge on any atom is 0.131 e. The van der Waals surface area contributed by atoms with Crippen molar-refractivity contribution in [3.05, 3.63) is 29.3 Å². The number of hydrogen-bond acceptors (Lipinski definition) is 5. The van der Waals surface area contributed by atoms with E-state index in [0.717, 1.165) is 30.2 Å². The molecule has 2 aromatic rings. The molecule has 6 heteroatoms. The maximum atomic E-state index is 4.46. The molecule has 5 nitrogen and oxygen atoms in total. The van der Waals surface area contributed by atoms with Crippen LogP contribution in [0, 0.1) is 0 Å². The van der Waals surface area contributed by atoms with E-state index in [9.17, 15) is 0 Å². The number of aromatic nitrogens is 4. The molecule has 2 aromatic heterocycles. The van der Waals surface area contributed by atoms with Crippen molar-refractivity contribution in [2.45, 2.75) is 32.9 Å². The quantitative estimate of drug-likeness (QED) is 0.851. The van der Waals surface area contributed by atoms with Gasteiger partial charge in [-0.05, 0) is 24.5 Å². The Morgan fingerprint density at radius 1 is 1.47 bits per heavy atom. The van der Waals surface area contributed by atoms with E-state index in [1.165, 1.54) is 11.5 Å². The molecular formula is C11H17N5S. The molecule has 2 heterocycles. The van der Waals surface area contributed by atoms with Gasteiger partial charge >= 0.3 is 0 Å². The van der Waals surface area contributed by atoms with Crippen LogP contribution in [0.25, 0.3) is 0 Å². The van der Waals surface area contributed by atoms with Gasteiger partial charge in [-0.15, -0.1) is 5.10 Å². The van der Waals surface area contributed by atoms with Crippen LogP contribution in [-0.2, 0) is 6.54 Å². The Morgan fingerprint density at radius 3 is 3.00 bits per heavy atom. The van der Waals surface area contributed by atoms with Crippen LogP contribution in [-0.4, -0.2) is 25.7 Å². The summed E-state index contributed by atoms with van der Waals surface area (Å²) in [7, 11) is 0. The van der Waals surface area contributed by atoms with Crippen molar-refractivity contribution in [1.29, 1.82) is 0 Å². The molecule has 0 bridgehead atoms. The van der Waals surface area contributed by atoms with Gasteiger partial charge in [-0.3, -0.25) is 0 Å². The molecule has 1 N–H and O–H groups in total. The van der Waals surface area contributed by atoms with Gasteiger partial charge in [0, 0.05) is 18.9 Å². The second-order valence-corrected chi connectivity index (χ2v) is 4.61. The lowest BCUT2D eigenvalue weighted by Crippen LogP contribution is -2.24. The van der Waals surface area contributed by atoms with Gasteiger partial charge in [0.05, 0.1) is 11.1 Å². The zero-order valence-corrected chi connectivity index (χ0v) is 10.9. The van der Waals surface area contributed by atoms with Crippen molar-refractivity contribution in [2.75, 3.05) is 6.54 Å². The Hall–Kier alpha value is -1.27. The number of nitrogens with zero attached hydrogens (tertiary/aromatic N) is 4. The highest BCUT2D eigenvalue weighted by molar-refractivity contribution is 7.05. The number of rotatable bonds is 6. The molecule has 0 spiro atoms. The molecule has 0 amide bonds. The molecule has 0 aliphatic heterocycles. The van der Waals surface area contributed by atoms with E-state index in [1.54, 1.807) is 0 Å². The van der Waals surface area contributed by atoms with Gasteiger partial charge < -0.3 is 9.88 Å². The predicted octanol–water partition coefficient (Wildman–Crippen LogP) is 1.84. The van der Waals surface area contributed by atoms with Gasteiger partial charge in [-0.25, -0.2) is 4.98 Å². The Bertz CT molecular complexity index is 436. The highest BCUT2D eigenvalue weighted by atomic mass is 32.1. The van der Waals surface area contributed by atoms with Crippen LogP contribution in [0.15, 0.2) is 18.6 Å². The topological polar surface area (TPSA) is 55.6 Å². The van der Waals surface area contributed by atoms with Crippen LogP contribution < -0.4 is 5.32 Å². The van der Waals surface area contributed by atoms with Gasteiger partial charge in [0.25, 0.3) is 0 Å². The average Bonchev–Trinajstić information content (AvgIpc) is 2.97. The molecule has 0 aliphatic rings. The van der Waals surface area contributed by atoms with Crippen molar-refractivity contribution in [1.82, 2.24) is 24.5 Å². The Labute approximate surface area is 105 Å². The van der Waals surface area contributed by atoms with Crippen LogP contribution in [0.1, 0.15) is 37.0 Å². The summed E-state index contributed by atoms with van der Waals surface area (Å²) in [6.07, 6.45) is 6.79. The van der Waals surface area contributed by atoms with Crippen LogP contribution in [0.2, 0.25) is 0 Å². The predicted molar refractivity (Wildman–Crippen MR) is 67.9 cm³/mol. The van der Waals surface area contributed by atoms with Crippen molar-refractivity contribution in [2.24, 2.45) is 0 Å². The second-order valence-electron chi connectivity index (χ2n) is 3.79. The molecule has 92 valence electrons. The van der Waals surface area contributed by atoms with E-state index >= 15 is 0 Å². The van der Waals surface area contributed by atoms with E-state index in [1.807, 2.05) is 18.6 Å². The van der Waals surface area contributed by atoms with Crippen LogP contribution in [0.3, 0.4) is 0 Å². The molecule has 2 rings (SSSR count). The molecule has 0 aliphatic carbocycles. The zero-order chi connectivity index (χ0) is 12.1. The van der Waals surface area contributed by atoms with Crippen LogP contribution in [0.4, 0.5) is 0 Å². The summed E-state index contributed by atoms with van der Waals surface area (Å²) in [5.74, 6) is 1.04. The van der Waals surface area contributed by atoms with Crippen LogP contribution >= 0.6 is 11.5 Å². The summed E-state index contributed by atoms with van der Waals surface area (Å²) in [5, 5.41) is 7.34. The fourth-order valence-corrected chi connectivity index (χ4v) is 2.41. The molecule has 0 saturated heterocycles. The van der Waals surface area contributed by atoms with Crippen molar-refractivity contribution >= 4 is 11.5 Å². The lowest BCUT2D eigenvalue weighted by Gasteiger charge is -2.16. The molecular weight excluding hydrogens is 234 g/mol. The lowest BCUT2D eigenvalue weighted by atomic mass is 10.2. The third-order valence-electron chi connectivity index (χ3n) is 2.54. The first-order chi connectivity index (χ1) is 8.36. The van der Waals surface area contributed by atoms with Gasteiger partial charge in [-0.2, -0.15) is 0 Å². The van der Waals surface area contributed by atoms with Gasteiger partial charge in [0.15, 0.2) is 0 Å². The minimum absolute atomic E-state index is 0.0987. The van der Waals surface area contributed by atoms with E-state index in [0.29, 0.717) is 0 Å². The van der Waals surface area contributed by atoms with Gasteiger partial charge in [-0.1, -0.05) is 18.3 Å². The van der Waals surface area contributed by atoms with Crippen molar-refractivity contribution in [3.8, 4) is 0 Å². The number of hydrogen-bond donors (Lipinski definition) is 1. The lowest BCUT2D eigenvalue weighted by molar-refractivity contribution is 0.549. The first kappa shape index (κ1) is 12.2. The monoisotopic (exact) mass is 251 g/mol. The number of nitrogens with one attached hydrogen (secondary N) is 1. The molecule has 1 atom stereocenters. The van der Waals surface area contributed by atoms with Crippen LogP contribution in [0.5, 0.6) is 0 Å². The van der Waals surface area contributed by atoms with Gasteiger partial charge in [0.2, 0.25) is 0 Å². The first-order valence-corrected chi connectivity index (χ1v) is 6.65. The smallest absolute Gasteiger partial charge is 0.131 e. The first-order valence-electron chi connectivity index (χ1n) is 5.88. The molecule has 0 saturated carbocycles. The van der Waals surface area contributed by atoms with Gasteiger partial charge in [0.1, 0.15) is 11.9 Å². The standard InChI is InChI=1S/C11H17N5S/c1-3-6-16-7-5-13-11(16)10(12-4-2)9-8-14-15-17-9/h5,7-8,10,12H,3-4,6H2,1-2H3. The molecule has 17 heavy (non-hydrogen) atoms. The fourth-order valence-electron chi connectivity index (χ4n) is 1.84. The summed E-state index contributed by atoms with van der Waals surface area (Å²) in [6.45, 7) is 6.14. The highest BCUT2D eigenvalue weighted by Gasteiger charge is 2.19. The second kappa shape index (κ2) is 5.88. The number of aryl methyl sites for hydroxylation is 1. The Balaban J connectivity index is 2.29. The minimum Gasteiger partial charge on any atom is -0.333 e. The Kier molecular flexibility index (Phi) is 4.22. The summed E-state index contributed by atoms with van der Waals surface area (Å²) < 4.78 is 6.11. The highest BCUT2D eigenvalue weighted by Crippen LogP contribution is 2.22. The normalized spacial score (nSPS) is 12.8. The third kappa shape index (κ3) is 2.70. The van der Waals surface area contributed by atoms with E-state index in [2.05, 4.69) is 38.3 Å². The largest absolute Gasteiger partial charge is 0.333 e. The van der Waals surface area contributed by atoms with Crippen molar-refractivity contribution in [3.63, 3.8) is 0 Å². The van der Waals surface area contributed by atoms with Crippen molar-refractivity contribution < 1.29 is 0 Å². The molecule has 0 aromatic carbocycles. The molecule has 0 fully saturated rings. The average molecular weight is 251 g/mol. The zero-order valence-electron chi connectivity index (χ0n) is 10.1. The van der Waals surface area contributed by atoms with E-state index < -0.39 is 0 Å². The maximum absolute atomic E-state index is 4.46. The molecule has 0 radical (unpaired) electrons. The summed E-state index contributed by atoms with van der Waals surface area (Å²) in [4.78, 5) is 5.57. The van der Waals surface area contributed by atoms with E-state index in [4.69, 9.17) is 0 Å². The fraction of sp³-hybridized carbons (Fsp3) is 0.545.